The van der Waals surface area contributed by atoms with Crippen LogP contribution in [0.5, 0.6) is 5.75 Å². The molecule has 2 amide bonds. The second kappa shape index (κ2) is 14.1. The van der Waals surface area contributed by atoms with Crippen molar-refractivity contribution in [1.29, 1.82) is 0 Å². The molecule has 3 heterocycles. The zero-order valence-corrected chi connectivity index (χ0v) is 27.4. The fraction of sp³-hybridized carbons (Fsp3) is 0.452. The Morgan fingerprint density at radius 2 is 2.00 bits per heavy atom. The summed E-state index contributed by atoms with van der Waals surface area (Å²) in [7, 11) is 2.49. The Kier molecular flexibility index (Phi) is 10.5. The number of amides is 2. The van der Waals surface area contributed by atoms with E-state index >= 15 is 0 Å². The van der Waals surface area contributed by atoms with Gasteiger partial charge in [0.1, 0.15) is 17.7 Å². The molecular weight excluding hydrogens is 567 g/mol. The van der Waals surface area contributed by atoms with Gasteiger partial charge in [0, 0.05) is 83.7 Å². The van der Waals surface area contributed by atoms with Gasteiger partial charge in [-0.15, -0.1) is 11.3 Å². The van der Waals surface area contributed by atoms with Crippen molar-refractivity contribution in [1.82, 2.24) is 9.88 Å². The van der Waals surface area contributed by atoms with E-state index < -0.39 is 8.07 Å². The Morgan fingerprint density at radius 1 is 1.19 bits per heavy atom. The summed E-state index contributed by atoms with van der Waals surface area (Å²) in [4.78, 5) is 37.3. The molecule has 3 aromatic rings. The van der Waals surface area contributed by atoms with Crippen molar-refractivity contribution in [2.45, 2.75) is 45.1 Å². The van der Waals surface area contributed by atoms with Crippen molar-refractivity contribution in [2.75, 3.05) is 62.0 Å². The number of benzene rings is 1. The third-order valence-electron chi connectivity index (χ3n) is 7.17. The number of anilines is 3. The van der Waals surface area contributed by atoms with Gasteiger partial charge in [-0.2, -0.15) is 0 Å². The topological polar surface area (TPSA) is 87.2 Å². The van der Waals surface area contributed by atoms with Gasteiger partial charge in [0.2, 0.25) is 0 Å². The number of carbonyl (C=O) groups excluding carboxylic acids is 2. The highest BCUT2D eigenvalue weighted by atomic mass is 32.1. The van der Waals surface area contributed by atoms with Gasteiger partial charge in [0.25, 0.3) is 5.91 Å². The number of carbonyl (C=O) groups is 2. The normalized spacial score (nSPS) is 14.2. The summed E-state index contributed by atoms with van der Waals surface area (Å²) in [5.41, 5.74) is 2.20. The lowest BCUT2D eigenvalue weighted by Crippen LogP contribution is -2.33. The lowest BCUT2D eigenvalue weighted by molar-refractivity contribution is 0.0989. The van der Waals surface area contributed by atoms with Crippen molar-refractivity contribution >= 4 is 48.6 Å². The molecule has 226 valence electrons. The summed E-state index contributed by atoms with van der Waals surface area (Å²) in [5, 5.41) is 5.25. The monoisotopic (exact) mass is 609 g/mol. The summed E-state index contributed by atoms with van der Waals surface area (Å²) < 4.78 is 12.0. The highest BCUT2D eigenvalue weighted by Crippen LogP contribution is 2.33. The first kappa shape index (κ1) is 31.4. The maximum atomic E-state index is 13.7. The molecule has 0 saturated carbocycles. The minimum Gasteiger partial charge on any atom is -0.485 e. The minimum absolute atomic E-state index is 0.0916. The number of pyridine rings is 1. The van der Waals surface area contributed by atoms with Crippen molar-refractivity contribution in [3.63, 3.8) is 0 Å². The molecule has 0 bridgehead atoms. The van der Waals surface area contributed by atoms with Crippen molar-refractivity contribution in [3.05, 3.63) is 64.5 Å². The van der Waals surface area contributed by atoms with Crippen LogP contribution in [0.1, 0.15) is 34.7 Å². The zero-order valence-electron chi connectivity index (χ0n) is 25.6. The Labute approximate surface area is 254 Å². The highest BCUT2D eigenvalue weighted by Gasteiger charge is 2.27. The lowest BCUT2D eigenvalue weighted by Gasteiger charge is -2.24. The van der Waals surface area contributed by atoms with Gasteiger partial charge in [-0.1, -0.05) is 31.8 Å². The quantitative estimate of drug-likeness (QED) is 0.232. The molecule has 1 aliphatic rings. The van der Waals surface area contributed by atoms with E-state index in [1.807, 2.05) is 61.8 Å². The van der Waals surface area contributed by atoms with Gasteiger partial charge in [-0.05, 0) is 36.5 Å². The van der Waals surface area contributed by atoms with Crippen LogP contribution in [0.4, 0.5) is 22.0 Å². The van der Waals surface area contributed by atoms with Gasteiger partial charge >= 0.3 is 6.09 Å². The fourth-order valence-electron chi connectivity index (χ4n) is 4.65. The first-order valence-corrected chi connectivity index (χ1v) is 19.1. The zero-order chi connectivity index (χ0) is 30.3. The van der Waals surface area contributed by atoms with E-state index in [-0.39, 0.29) is 18.1 Å². The molecule has 11 heteroatoms. The summed E-state index contributed by atoms with van der Waals surface area (Å²) in [6.45, 7) is 11.7. The number of thiophene rings is 1. The van der Waals surface area contributed by atoms with Gasteiger partial charge < -0.3 is 29.5 Å². The third-order valence-corrected chi connectivity index (χ3v) is 9.84. The average molecular weight is 610 g/mol. The van der Waals surface area contributed by atoms with Gasteiger partial charge in [0.15, 0.2) is 0 Å². The Balaban J connectivity index is 1.46. The SMILES string of the molecule is CCNc1cc2c(cn1)C(=O)N(c1cccc(OC(CCN(C)C(=O)OCC[Si](C)(C)C)c3cccs3)c1)CCN2C. The molecule has 2 aromatic heterocycles. The number of hydrogen-bond acceptors (Lipinski definition) is 8. The molecule has 0 aliphatic carbocycles. The van der Waals surface area contributed by atoms with Crippen LogP contribution in [0.25, 0.3) is 0 Å². The maximum Gasteiger partial charge on any atom is 0.409 e. The second-order valence-electron chi connectivity index (χ2n) is 11.7. The van der Waals surface area contributed by atoms with Crippen molar-refractivity contribution in [2.24, 2.45) is 0 Å². The first-order chi connectivity index (χ1) is 20.1. The maximum absolute atomic E-state index is 13.7. The van der Waals surface area contributed by atoms with Gasteiger partial charge in [-0.3, -0.25) is 4.79 Å². The number of hydrogen-bond donors (Lipinski definition) is 1. The Bertz CT molecular complexity index is 1350. The second-order valence-corrected chi connectivity index (χ2v) is 18.4. The predicted octanol–water partition coefficient (Wildman–Crippen LogP) is 6.59. The number of nitrogens with zero attached hydrogens (tertiary/aromatic N) is 4. The number of nitrogens with one attached hydrogen (secondary N) is 1. The molecule has 1 aromatic carbocycles. The van der Waals surface area contributed by atoms with Crippen LogP contribution in [0.2, 0.25) is 25.7 Å². The van der Waals surface area contributed by atoms with Crippen LogP contribution in [-0.4, -0.2) is 76.8 Å². The summed E-state index contributed by atoms with van der Waals surface area (Å²) >= 11 is 1.62. The molecule has 0 radical (unpaired) electrons. The van der Waals surface area contributed by atoms with E-state index in [9.17, 15) is 9.59 Å². The van der Waals surface area contributed by atoms with Crippen LogP contribution < -0.4 is 19.9 Å². The molecule has 1 aliphatic heterocycles. The van der Waals surface area contributed by atoms with Crippen molar-refractivity contribution in [3.8, 4) is 5.75 Å². The summed E-state index contributed by atoms with van der Waals surface area (Å²) in [6.07, 6.45) is 1.70. The molecule has 1 N–H and O–H groups in total. The molecule has 42 heavy (non-hydrogen) atoms. The van der Waals surface area contributed by atoms with Crippen molar-refractivity contribution < 1.29 is 19.1 Å². The van der Waals surface area contributed by atoms with E-state index in [1.165, 1.54) is 0 Å². The standard InChI is InChI=1S/C31H43N5O4SSi/c1-7-32-29-21-26-25(22-33-29)30(37)36(16-15-34(26)2)23-10-8-11-24(20-23)40-27(28-12-9-18-41-28)13-14-35(3)31(38)39-17-19-42(4,5)6/h8-12,18,20-22,27H,7,13-17,19H2,1-6H3,(H,32,33). The Morgan fingerprint density at radius 3 is 2.71 bits per heavy atom. The number of likely N-dealkylation sites (N-methyl/N-ethyl adjacent to an activating group) is 1. The highest BCUT2D eigenvalue weighted by molar-refractivity contribution is 7.10. The molecule has 1 atom stereocenters. The Hall–Kier alpha value is -3.57. The van der Waals surface area contributed by atoms with Crippen LogP contribution in [0.15, 0.2) is 54.0 Å². The molecule has 0 fully saturated rings. The number of ether oxygens (including phenoxy) is 2. The van der Waals surface area contributed by atoms with E-state index in [2.05, 4.69) is 34.8 Å². The van der Waals surface area contributed by atoms with Crippen LogP contribution >= 0.6 is 11.3 Å². The molecule has 0 spiro atoms. The van der Waals surface area contributed by atoms with Gasteiger partial charge in [0.05, 0.1) is 17.9 Å². The number of aromatic nitrogens is 1. The smallest absolute Gasteiger partial charge is 0.409 e. The average Bonchev–Trinajstić information content (AvgIpc) is 3.46. The van der Waals surface area contributed by atoms with Gasteiger partial charge in [-0.25, -0.2) is 9.78 Å². The lowest BCUT2D eigenvalue weighted by atomic mass is 10.1. The van der Waals surface area contributed by atoms with E-state index in [1.54, 1.807) is 34.4 Å². The largest absolute Gasteiger partial charge is 0.485 e. The molecule has 4 rings (SSSR count). The van der Waals surface area contributed by atoms with Crippen LogP contribution in [0, 0.1) is 0 Å². The van der Waals surface area contributed by atoms with Crippen LogP contribution in [0.3, 0.4) is 0 Å². The number of rotatable bonds is 12. The van der Waals surface area contributed by atoms with E-state index in [0.29, 0.717) is 44.0 Å². The number of fused-ring (bicyclic) bond motifs is 1. The molecule has 9 nitrogen and oxygen atoms in total. The van der Waals surface area contributed by atoms with E-state index in [0.717, 1.165) is 34.7 Å². The molecule has 0 saturated heterocycles. The molecule has 1 unspecified atom stereocenters. The third kappa shape index (κ3) is 8.25. The predicted molar refractivity (Wildman–Crippen MR) is 174 cm³/mol. The molecular formula is C31H43N5O4SSi. The minimum atomic E-state index is -1.27. The first-order valence-electron chi connectivity index (χ1n) is 14.5. The van der Waals surface area contributed by atoms with E-state index in [4.69, 9.17) is 9.47 Å². The fourth-order valence-corrected chi connectivity index (χ4v) is 6.15. The summed E-state index contributed by atoms with van der Waals surface area (Å²) in [6, 6.07) is 14.6. The summed E-state index contributed by atoms with van der Waals surface area (Å²) in [5.74, 6) is 1.33. The van der Waals surface area contributed by atoms with Crippen LogP contribution in [-0.2, 0) is 4.74 Å².